The van der Waals surface area contributed by atoms with Gasteiger partial charge in [0.1, 0.15) is 12.0 Å². The van der Waals surface area contributed by atoms with Crippen LogP contribution in [0.2, 0.25) is 5.28 Å². The first-order valence-electron chi connectivity index (χ1n) is 3.80. The third-order valence-corrected chi connectivity index (χ3v) is 1.88. The second-order valence-corrected chi connectivity index (χ2v) is 2.98. The number of fused-ring (bicyclic) bond motifs is 1. The third-order valence-electron chi connectivity index (χ3n) is 1.60. The maximum absolute atomic E-state index is 10.8. The zero-order chi connectivity index (χ0) is 10.1. The molecule has 2 aromatic rings. The Morgan fingerprint density at radius 1 is 1.64 bits per heavy atom. The lowest BCUT2D eigenvalue weighted by Gasteiger charge is -2.02. The Balaban J connectivity index is 2.60. The highest BCUT2D eigenvalue weighted by atomic mass is 35.5. The second kappa shape index (κ2) is 3.22. The van der Waals surface area contributed by atoms with Crippen LogP contribution in [0.3, 0.4) is 0 Å². The molecule has 0 saturated carbocycles. The summed E-state index contributed by atoms with van der Waals surface area (Å²) in [7, 11) is 0. The average Bonchev–Trinajstić information content (AvgIpc) is 2.58. The number of hydrogen-bond acceptors (Lipinski definition) is 4. The molecule has 0 radical (unpaired) electrons. The Kier molecular flexibility index (Phi) is 2.05. The van der Waals surface area contributed by atoms with E-state index in [0.717, 1.165) is 0 Å². The largest absolute Gasteiger partial charge is 0.322 e. The molecule has 0 saturated heterocycles. The van der Waals surface area contributed by atoms with Crippen molar-refractivity contribution in [2.45, 2.75) is 6.92 Å². The monoisotopic (exact) mass is 211 g/mol. The predicted octanol–water partition coefficient (Wildman–Crippen LogP) is 0.736. The quantitative estimate of drug-likeness (QED) is 0.706. The van der Waals surface area contributed by atoms with Crippen LogP contribution in [0.25, 0.3) is 5.65 Å². The van der Waals surface area contributed by atoms with Crippen LogP contribution >= 0.6 is 11.6 Å². The molecule has 0 aromatic carbocycles. The Labute approximate surface area is 83.9 Å². The molecular weight excluding hydrogens is 206 g/mol. The Bertz CT molecular complexity index is 494. The van der Waals surface area contributed by atoms with E-state index < -0.39 is 0 Å². The molecule has 0 fully saturated rings. The van der Waals surface area contributed by atoms with Crippen LogP contribution in [-0.4, -0.2) is 25.5 Å². The van der Waals surface area contributed by atoms with E-state index in [0.29, 0.717) is 11.3 Å². The summed E-state index contributed by atoms with van der Waals surface area (Å²) in [6.45, 7) is 1.40. The summed E-state index contributed by atoms with van der Waals surface area (Å²) in [5.41, 5.74) is 0.958. The number of anilines is 1. The van der Waals surface area contributed by atoms with Crippen LogP contribution in [-0.2, 0) is 4.79 Å². The first-order valence-corrected chi connectivity index (χ1v) is 4.18. The van der Waals surface area contributed by atoms with Crippen molar-refractivity contribution >= 4 is 28.8 Å². The minimum atomic E-state index is -0.195. The molecule has 0 atom stereocenters. The standard InChI is InChI=1S/C7H6ClN5O/c1-4(14)11-5-2-9-7(8)13-3-10-12-6(5)13/h2-3H,1H3,(H,11,14). The number of halogens is 1. The molecule has 2 heterocycles. The van der Waals surface area contributed by atoms with Crippen LogP contribution < -0.4 is 5.32 Å². The number of aromatic nitrogens is 4. The Morgan fingerprint density at radius 3 is 3.14 bits per heavy atom. The van der Waals surface area contributed by atoms with E-state index in [-0.39, 0.29) is 11.2 Å². The molecule has 1 N–H and O–H groups in total. The Hall–Kier alpha value is -1.69. The molecule has 0 spiro atoms. The summed E-state index contributed by atoms with van der Waals surface area (Å²) in [5, 5.41) is 10.3. The van der Waals surface area contributed by atoms with Crippen LogP contribution in [0.15, 0.2) is 12.5 Å². The molecule has 1 amide bonds. The summed E-state index contributed by atoms with van der Waals surface area (Å²) in [5.74, 6) is -0.195. The summed E-state index contributed by atoms with van der Waals surface area (Å²) in [6, 6.07) is 0. The van der Waals surface area contributed by atoms with Crippen LogP contribution in [0.1, 0.15) is 6.92 Å². The van der Waals surface area contributed by atoms with Gasteiger partial charge in [0.05, 0.1) is 6.20 Å². The minimum absolute atomic E-state index is 0.195. The highest BCUT2D eigenvalue weighted by molar-refractivity contribution is 6.28. The summed E-state index contributed by atoms with van der Waals surface area (Å²) >= 11 is 5.77. The number of nitrogens with zero attached hydrogens (tertiary/aromatic N) is 4. The van der Waals surface area contributed by atoms with Gasteiger partial charge in [0.15, 0.2) is 5.65 Å². The molecule has 0 bridgehead atoms. The van der Waals surface area contributed by atoms with Gasteiger partial charge in [0, 0.05) is 6.92 Å². The van der Waals surface area contributed by atoms with Gasteiger partial charge in [-0.05, 0) is 11.6 Å². The zero-order valence-corrected chi connectivity index (χ0v) is 7.99. The average molecular weight is 212 g/mol. The minimum Gasteiger partial charge on any atom is -0.322 e. The zero-order valence-electron chi connectivity index (χ0n) is 7.23. The van der Waals surface area contributed by atoms with Gasteiger partial charge in [0.25, 0.3) is 0 Å². The van der Waals surface area contributed by atoms with Gasteiger partial charge in [0.2, 0.25) is 11.2 Å². The van der Waals surface area contributed by atoms with E-state index in [9.17, 15) is 4.79 Å². The first-order chi connectivity index (χ1) is 6.68. The third kappa shape index (κ3) is 1.39. The number of nitrogens with one attached hydrogen (secondary N) is 1. The maximum Gasteiger partial charge on any atom is 0.221 e. The molecule has 0 aliphatic heterocycles. The predicted molar refractivity (Wildman–Crippen MR) is 50.1 cm³/mol. The highest BCUT2D eigenvalue weighted by Crippen LogP contribution is 2.16. The molecule has 2 aromatic heterocycles. The van der Waals surface area contributed by atoms with E-state index in [1.165, 1.54) is 23.8 Å². The normalized spacial score (nSPS) is 10.4. The molecule has 6 nitrogen and oxygen atoms in total. The van der Waals surface area contributed by atoms with Crippen molar-refractivity contribution in [1.29, 1.82) is 0 Å². The van der Waals surface area contributed by atoms with E-state index >= 15 is 0 Å². The summed E-state index contributed by atoms with van der Waals surface area (Å²) < 4.78 is 1.48. The van der Waals surface area contributed by atoms with Crippen molar-refractivity contribution in [1.82, 2.24) is 19.6 Å². The fourth-order valence-corrected chi connectivity index (χ4v) is 1.24. The molecule has 72 valence electrons. The van der Waals surface area contributed by atoms with E-state index in [1.54, 1.807) is 0 Å². The lowest BCUT2D eigenvalue weighted by molar-refractivity contribution is -0.114. The SMILES string of the molecule is CC(=O)Nc1cnc(Cl)n2cnnc12. The van der Waals surface area contributed by atoms with Crippen molar-refractivity contribution in [2.24, 2.45) is 0 Å². The van der Waals surface area contributed by atoms with Crippen LogP contribution in [0.5, 0.6) is 0 Å². The topological polar surface area (TPSA) is 72.2 Å². The van der Waals surface area contributed by atoms with E-state index in [4.69, 9.17) is 11.6 Å². The van der Waals surface area contributed by atoms with Gasteiger partial charge in [-0.15, -0.1) is 10.2 Å². The lowest BCUT2D eigenvalue weighted by atomic mass is 10.5. The summed E-state index contributed by atoms with van der Waals surface area (Å²) in [4.78, 5) is 14.7. The fourth-order valence-electron chi connectivity index (χ4n) is 1.07. The maximum atomic E-state index is 10.8. The second-order valence-electron chi connectivity index (χ2n) is 2.65. The van der Waals surface area contributed by atoms with Gasteiger partial charge in [-0.2, -0.15) is 0 Å². The molecule has 14 heavy (non-hydrogen) atoms. The number of amides is 1. The van der Waals surface area contributed by atoms with Crippen molar-refractivity contribution in [3.63, 3.8) is 0 Å². The van der Waals surface area contributed by atoms with E-state index in [1.807, 2.05) is 0 Å². The van der Waals surface area contributed by atoms with Gasteiger partial charge in [-0.1, -0.05) is 0 Å². The van der Waals surface area contributed by atoms with Gasteiger partial charge in [-0.3, -0.25) is 9.20 Å². The summed E-state index contributed by atoms with van der Waals surface area (Å²) in [6.07, 6.45) is 2.86. The smallest absolute Gasteiger partial charge is 0.221 e. The van der Waals surface area contributed by atoms with Crippen LogP contribution in [0.4, 0.5) is 5.69 Å². The van der Waals surface area contributed by atoms with Gasteiger partial charge < -0.3 is 5.32 Å². The number of rotatable bonds is 1. The lowest BCUT2D eigenvalue weighted by Crippen LogP contribution is -2.08. The molecule has 0 aliphatic carbocycles. The van der Waals surface area contributed by atoms with Gasteiger partial charge in [-0.25, -0.2) is 4.98 Å². The van der Waals surface area contributed by atoms with Crippen molar-refractivity contribution in [3.05, 3.63) is 17.8 Å². The molecule has 2 rings (SSSR count). The van der Waals surface area contributed by atoms with Crippen molar-refractivity contribution < 1.29 is 4.79 Å². The molecule has 0 aliphatic rings. The van der Waals surface area contributed by atoms with Crippen molar-refractivity contribution in [2.75, 3.05) is 5.32 Å². The number of carbonyl (C=O) groups excluding carboxylic acids is 1. The van der Waals surface area contributed by atoms with Crippen molar-refractivity contribution in [3.8, 4) is 0 Å². The first kappa shape index (κ1) is 8.89. The van der Waals surface area contributed by atoms with E-state index in [2.05, 4.69) is 20.5 Å². The molecular formula is C7H6ClN5O. The Morgan fingerprint density at radius 2 is 2.43 bits per heavy atom. The van der Waals surface area contributed by atoms with Gasteiger partial charge >= 0.3 is 0 Å². The fraction of sp³-hybridized carbons (Fsp3) is 0.143. The number of hydrogen-bond donors (Lipinski definition) is 1. The molecule has 0 unspecified atom stereocenters. The molecule has 7 heteroatoms. The highest BCUT2D eigenvalue weighted by Gasteiger charge is 2.08. The van der Waals surface area contributed by atoms with Crippen LogP contribution in [0, 0.1) is 0 Å². The number of carbonyl (C=O) groups is 1.